The Bertz CT molecular complexity index is 1060. The van der Waals surface area contributed by atoms with Crippen molar-refractivity contribution in [2.24, 2.45) is 0 Å². The average molecular weight is 441 g/mol. The molecular formula is C29H32N2O2. The fraction of sp³-hybridized carbons (Fsp3) is 0.345. The molecule has 4 heteroatoms. The van der Waals surface area contributed by atoms with Crippen LogP contribution in [0.25, 0.3) is 0 Å². The van der Waals surface area contributed by atoms with Gasteiger partial charge < -0.3 is 4.74 Å². The number of hydrogen-bond acceptors (Lipinski definition) is 4. The van der Waals surface area contributed by atoms with Crippen LogP contribution in [-0.4, -0.2) is 47.3 Å². The van der Waals surface area contributed by atoms with Gasteiger partial charge in [0.2, 0.25) is 0 Å². The molecule has 1 saturated heterocycles. The molecule has 0 aromatic heterocycles. The minimum Gasteiger partial charge on any atom is -0.489 e. The van der Waals surface area contributed by atoms with Gasteiger partial charge in [-0.05, 0) is 30.0 Å². The molecule has 5 rings (SSSR count). The Labute approximate surface area is 196 Å². The van der Waals surface area contributed by atoms with Crippen LogP contribution in [0.2, 0.25) is 0 Å². The molecule has 0 unspecified atom stereocenters. The number of para-hydroxylation sites is 1. The summed E-state index contributed by atoms with van der Waals surface area (Å²) in [7, 11) is 0. The van der Waals surface area contributed by atoms with Crippen molar-refractivity contribution in [3.63, 3.8) is 0 Å². The standard InChI is InChI=1S/C29H32N2O2/c32-28(21-26-13-7-8-14-27(26)33-23-25-11-5-2-6-12-25)29(15-16-29)31-19-17-30(18-20-31)22-24-9-3-1-4-10-24/h1-14H,15-23H2. The van der Waals surface area contributed by atoms with Gasteiger partial charge in [0.1, 0.15) is 12.4 Å². The zero-order valence-corrected chi connectivity index (χ0v) is 19.2. The third kappa shape index (κ3) is 5.18. The van der Waals surface area contributed by atoms with Crippen molar-refractivity contribution in [2.75, 3.05) is 26.2 Å². The Morgan fingerprint density at radius 3 is 2.03 bits per heavy atom. The minimum absolute atomic E-state index is 0.259. The molecule has 170 valence electrons. The monoisotopic (exact) mass is 440 g/mol. The second-order valence-corrected chi connectivity index (χ2v) is 9.26. The molecule has 2 fully saturated rings. The maximum Gasteiger partial charge on any atom is 0.157 e. The van der Waals surface area contributed by atoms with E-state index in [0.717, 1.165) is 62.4 Å². The lowest BCUT2D eigenvalue weighted by Gasteiger charge is -2.39. The predicted molar refractivity (Wildman–Crippen MR) is 131 cm³/mol. The molecule has 33 heavy (non-hydrogen) atoms. The van der Waals surface area contributed by atoms with Gasteiger partial charge in [-0.3, -0.25) is 14.6 Å². The number of hydrogen-bond donors (Lipinski definition) is 0. The van der Waals surface area contributed by atoms with E-state index in [2.05, 4.69) is 52.3 Å². The maximum atomic E-state index is 13.5. The zero-order chi connectivity index (χ0) is 22.5. The quantitative estimate of drug-likeness (QED) is 0.482. The third-order valence-electron chi connectivity index (χ3n) is 7.03. The number of piperazine rings is 1. The van der Waals surface area contributed by atoms with Gasteiger partial charge in [0.05, 0.1) is 5.54 Å². The Morgan fingerprint density at radius 2 is 1.36 bits per heavy atom. The van der Waals surface area contributed by atoms with Gasteiger partial charge in [-0.1, -0.05) is 78.9 Å². The van der Waals surface area contributed by atoms with Crippen molar-refractivity contribution in [2.45, 2.75) is 38.0 Å². The summed E-state index contributed by atoms with van der Waals surface area (Å²) in [5.41, 5.74) is 3.22. The van der Waals surface area contributed by atoms with E-state index in [1.54, 1.807) is 0 Å². The molecule has 0 N–H and O–H groups in total. The van der Waals surface area contributed by atoms with Crippen LogP contribution in [-0.2, 0) is 24.4 Å². The second-order valence-electron chi connectivity index (χ2n) is 9.26. The number of carbonyl (C=O) groups is 1. The molecule has 1 saturated carbocycles. The molecule has 3 aromatic carbocycles. The largest absolute Gasteiger partial charge is 0.489 e. The van der Waals surface area contributed by atoms with Gasteiger partial charge in [-0.25, -0.2) is 0 Å². The Balaban J connectivity index is 1.18. The van der Waals surface area contributed by atoms with E-state index in [1.165, 1.54) is 5.56 Å². The normalized spacial score (nSPS) is 18.1. The van der Waals surface area contributed by atoms with Crippen LogP contribution in [0.4, 0.5) is 0 Å². The molecule has 1 aliphatic carbocycles. The highest BCUT2D eigenvalue weighted by molar-refractivity contribution is 5.93. The molecule has 0 spiro atoms. The second kappa shape index (κ2) is 9.90. The zero-order valence-electron chi connectivity index (χ0n) is 19.2. The smallest absolute Gasteiger partial charge is 0.157 e. The first-order chi connectivity index (χ1) is 16.2. The summed E-state index contributed by atoms with van der Waals surface area (Å²) >= 11 is 0. The van der Waals surface area contributed by atoms with Gasteiger partial charge in [0.25, 0.3) is 0 Å². The van der Waals surface area contributed by atoms with Crippen LogP contribution >= 0.6 is 0 Å². The molecule has 3 aromatic rings. The number of nitrogens with zero attached hydrogens (tertiary/aromatic N) is 2. The molecule has 0 radical (unpaired) electrons. The summed E-state index contributed by atoms with van der Waals surface area (Å²) in [5, 5.41) is 0. The van der Waals surface area contributed by atoms with Gasteiger partial charge in [0.15, 0.2) is 5.78 Å². The van der Waals surface area contributed by atoms with E-state index >= 15 is 0 Å². The van der Waals surface area contributed by atoms with Crippen LogP contribution in [0, 0.1) is 0 Å². The fourth-order valence-electron chi connectivity index (χ4n) is 4.93. The van der Waals surface area contributed by atoms with Crippen LogP contribution in [0.15, 0.2) is 84.9 Å². The molecule has 4 nitrogen and oxygen atoms in total. The third-order valence-corrected chi connectivity index (χ3v) is 7.03. The number of benzene rings is 3. The van der Waals surface area contributed by atoms with Crippen molar-refractivity contribution in [1.29, 1.82) is 0 Å². The first-order valence-corrected chi connectivity index (χ1v) is 12.0. The van der Waals surface area contributed by atoms with Crippen LogP contribution in [0.1, 0.15) is 29.5 Å². The first-order valence-electron chi connectivity index (χ1n) is 12.0. The summed E-state index contributed by atoms with van der Waals surface area (Å²) in [4.78, 5) is 18.4. The number of carbonyl (C=O) groups excluding carboxylic acids is 1. The van der Waals surface area contributed by atoms with Crippen molar-refractivity contribution in [3.05, 3.63) is 102 Å². The van der Waals surface area contributed by atoms with E-state index in [-0.39, 0.29) is 5.54 Å². The number of rotatable bonds is 9. The van der Waals surface area contributed by atoms with E-state index < -0.39 is 0 Å². The summed E-state index contributed by atoms with van der Waals surface area (Å²) in [6.45, 7) is 5.46. The van der Waals surface area contributed by atoms with E-state index in [1.807, 2.05) is 42.5 Å². The van der Waals surface area contributed by atoms with Gasteiger partial charge in [-0.15, -0.1) is 0 Å². The average Bonchev–Trinajstić information content (AvgIpc) is 3.68. The maximum absolute atomic E-state index is 13.5. The lowest BCUT2D eigenvalue weighted by atomic mass is 9.99. The predicted octanol–water partition coefficient (Wildman–Crippen LogP) is 4.73. The highest BCUT2D eigenvalue weighted by Gasteiger charge is 2.54. The van der Waals surface area contributed by atoms with Gasteiger partial charge in [0, 0.05) is 44.7 Å². The van der Waals surface area contributed by atoms with E-state index in [4.69, 9.17) is 4.74 Å². The molecule has 1 heterocycles. The lowest BCUT2D eigenvalue weighted by molar-refractivity contribution is -0.126. The van der Waals surface area contributed by atoms with Crippen LogP contribution < -0.4 is 4.74 Å². The Hall–Kier alpha value is -2.95. The molecular weight excluding hydrogens is 408 g/mol. The Kier molecular flexibility index (Phi) is 6.56. The van der Waals surface area contributed by atoms with E-state index in [9.17, 15) is 4.79 Å². The van der Waals surface area contributed by atoms with Gasteiger partial charge in [-0.2, -0.15) is 0 Å². The van der Waals surface area contributed by atoms with Crippen molar-refractivity contribution in [3.8, 4) is 5.75 Å². The minimum atomic E-state index is -0.259. The highest BCUT2D eigenvalue weighted by Crippen LogP contribution is 2.44. The lowest BCUT2D eigenvalue weighted by Crippen LogP contribution is -2.54. The SMILES string of the molecule is O=C(Cc1ccccc1OCc1ccccc1)C1(N2CCN(Cc3ccccc3)CC2)CC1. The van der Waals surface area contributed by atoms with E-state index in [0.29, 0.717) is 18.8 Å². The first kappa shape index (κ1) is 21.9. The topological polar surface area (TPSA) is 32.8 Å². The molecule has 1 aliphatic heterocycles. The number of Topliss-reactive ketones (excluding diaryl/α,β-unsaturated/α-hetero) is 1. The molecule has 2 aliphatic rings. The summed E-state index contributed by atoms with van der Waals surface area (Å²) in [6, 6.07) is 28.8. The number of ether oxygens (including phenoxy) is 1. The van der Waals surface area contributed by atoms with Crippen molar-refractivity contribution >= 4 is 5.78 Å². The molecule has 0 amide bonds. The van der Waals surface area contributed by atoms with Crippen molar-refractivity contribution < 1.29 is 9.53 Å². The Morgan fingerprint density at radius 1 is 0.758 bits per heavy atom. The van der Waals surface area contributed by atoms with Crippen LogP contribution in [0.5, 0.6) is 5.75 Å². The number of ketones is 1. The summed E-state index contributed by atoms with van der Waals surface area (Å²) in [6.07, 6.45) is 2.41. The summed E-state index contributed by atoms with van der Waals surface area (Å²) in [5.74, 6) is 1.16. The van der Waals surface area contributed by atoms with Gasteiger partial charge >= 0.3 is 0 Å². The fourth-order valence-corrected chi connectivity index (χ4v) is 4.93. The van der Waals surface area contributed by atoms with Crippen LogP contribution in [0.3, 0.4) is 0 Å². The molecule has 0 bridgehead atoms. The highest BCUT2D eigenvalue weighted by atomic mass is 16.5. The molecule has 0 atom stereocenters. The summed E-state index contributed by atoms with van der Waals surface area (Å²) < 4.78 is 6.10. The van der Waals surface area contributed by atoms with Crippen molar-refractivity contribution in [1.82, 2.24) is 9.80 Å².